The number of anilines is 1. The van der Waals surface area contributed by atoms with Gasteiger partial charge in [-0.25, -0.2) is 26.8 Å². The number of hydrogen-bond acceptors (Lipinski definition) is 5. The van der Waals surface area contributed by atoms with E-state index < -0.39 is 40.3 Å². The average Bonchev–Trinajstić information content (AvgIpc) is 2.80. The van der Waals surface area contributed by atoms with Crippen molar-refractivity contribution in [1.29, 1.82) is 0 Å². The highest BCUT2D eigenvalue weighted by Gasteiger charge is 2.30. The van der Waals surface area contributed by atoms with Crippen LogP contribution in [0.3, 0.4) is 0 Å². The van der Waals surface area contributed by atoms with E-state index in [1.54, 1.807) is 0 Å². The summed E-state index contributed by atoms with van der Waals surface area (Å²) in [6.45, 7) is 0.734. The molecule has 2 aromatic rings. The molecule has 3 rings (SSSR count). The van der Waals surface area contributed by atoms with Crippen molar-refractivity contribution in [2.24, 2.45) is 11.7 Å². The number of carbonyl (C=O) groups is 2. The van der Waals surface area contributed by atoms with E-state index >= 15 is 0 Å². The Morgan fingerprint density at radius 2 is 1.76 bits per heavy atom. The maximum absolute atomic E-state index is 13.7. The largest absolute Gasteiger partial charge is 0.464 e. The molecular weight excluding hydrogens is 458 g/mol. The molecule has 0 spiro atoms. The number of benzene rings is 2. The molecule has 178 valence electrons. The first-order valence-corrected chi connectivity index (χ1v) is 11.6. The topological polar surface area (TPSA) is 133 Å². The number of sulfonamides is 1. The molecule has 0 aliphatic carbocycles. The van der Waals surface area contributed by atoms with Gasteiger partial charge in [0.15, 0.2) is 0 Å². The van der Waals surface area contributed by atoms with Gasteiger partial charge in [-0.2, -0.15) is 9.21 Å². The van der Waals surface area contributed by atoms with Crippen molar-refractivity contribution in [3.05, 3.63) is 59.7 Å². The SMILES string of the molecule is NCC1CCN(S(=O)(=O)c2ccc(N(C(=O)O)C(=O)NCc3cc(F)ccc3F)cc2)CC1. The Morgan fingerprint density at radius 3 is 2.33 bits per heavy atom. The lowest BCUT2D eigenvalue weighted by molar-refractivity contribution is 0.199. The molecule has 1 saturated heterocycles. The molecule has 0 saturated carbocycles. The van der Waals surface area contributed by atoms with Gasteiger partial charge in [-0.15, -0.1) is 0 Å². The van der Waals surface area contributed by atoms with Crippen LogP contribution in [-0.2, 0) is 16.6 Å². The number of piperidine rings is 1. The van der Waals surface area contributed by atoms with Crippen LogP contribution in [0.25, 0.3) is 0 Å². The van der Waals surface area contributed by atoms with Gasteiger partial charge in [0.05, 0.1) is 10.6 Å². The standard InChI is InChI=1S/C21H24F2N4O5S/c22-16-1-6-19(23)15(11-16)13-25-20(28)27(21(29)30)17-2-4-18(5-3-17)33(31,32)26-9-7-14(12-24)8-10-26/h1-6,11,14H,7-10,12-13,24H2,(H,25,28)(H,29,30). The highest BCUT2D eigenvalue weighted by molar-refractivity contribution is 7.89. The van der Waals surface area contributed by atoms with Crippen LogP contribution in [0.1, 0.15) is 18.4 Å². The Hall–Kier alpha value is -3.09. The normalized spacial score (nSPS) is 15.2. The lowest BCUT2D eigenvalue weighted by atomic mass is 9.99. The van der Waals surface area contributed by atoms with Crippen LogP contribution < -0.4 is 16.0 Å². The second-order valence-electron chi connectivity index (χ2n) is 7.59. The molecule has 12 heteroatoms. The van der Waals surface area contributed by atoms with Gasteiger partial charge < -0.3 is 16.2 Å². The van der Waals surface area contributed by atoms with Crippen molar-refractivity contribution in [1.82, 2.24) is 9.62 Å². The van der Waals surface area contributed by atoms with Crippen molar-refractivity contribution in [3.8, 4) is 0 Å². The van der Waals surface area contributed by atoms with Crippen molar-refractivity contribution in [2.45, 2.75) is 24.3 Å². The molecular formula is C21H24F2N4O5S. The minimum absolute atomic E-state index is 0.0370. The van der Waals surface area contributed by atoms with Gasteiger partial charge in [0.25, 0.3) is 0 Å². The molecule has 1 aliphatic rings. The van der Waals surface area contributed by atoms with Gasteiger partial charge in [-0.3, -0.25) is 0 Å². The zero-order valence-electron chi connectivity index (χ0n) is 17.6. The Kier molecular flexibility index (Phi) is 7.61. The van der Waals surface area contributed by atoms with Crippen molar-refractivity contribution < 1.29 is 31.9 Å². The molecule has 0 aromatic heterocycles. The fraction of sp³-hybridized carbons (Fsp3) is 0.333. The van der Waals surface area contributed by atoms with Crippen LogP contribution >= 0.6 is 0 Å². The van der Waals surface area contributed by atoms with Gasteiger partial charge in [0.1, 0.15) is 11.6 Å². The minimum atomic E-state index is -3.78. The zero-order valence-corrected chi connectivity index (χ0v) is 18.4. The predicted molar refractivity (Wildman–Crippen MR) is 116 cm³/mol. The van der Waals surface area contributed by atoms with Crippen LogP contribution in [0.5, 0.6) is 0 Å². The molecule has 0 atom stereocenters. The molecule has 0 unspecified atom stereocenters. The van der Waals surface area contributed by atoms with E-state index in [-0.39, 0.29) is 22.1 Å². The Labute approximate surface area is 189 Å². The number of amides is 3. The quantitative estimate of drug-likeness (QED) is 0.580. The monoisotopic (exact) mass is 482 g/mol. The summed E-state index contributed by atoms with van der Waals surface area (Å²) >= 11 is 0. The number of urea groups is 1. The maximum atomic E-state index is 13.7. The van der Waals surface area contributed by atoms with E-state index in [1.807, 2.05) is 0 Å². The lowest BCUT2D eigenvalue weighted by Gasteiger charge is -2.30. The van der Waals surface area contributed by atoms with E-state index in [1.165, 1.54) is 28.6 Å². The first-order valence-electron chi connectivity index (χ1n) is 10.2. The molecule has 0 bridgehead atoms. The van der Waals surface area contributed by atoms with Crippen molar-refractivity contribution in [3.63, 3.8) is 0 Å². The van der Waals surface area contributed by atoms with E-state index in [9.17, 15) is 31.9 Å². The Bertz CT molecular complexity index is 1120. The van der Waals surface area contributed by atoms with E-state index in [0.717, 1.165) is 18.2 Å². The molecule has 33 heavy (non-hydrogen) atoms. The summed E-state index contributed by atoms with van der Waals surface area (Å²) in [5, 5.41) is 11.7. The summed E-state index contributed by atoms with van der Waals surface area (Å²) in [7, 11) is -3.78. The average molecular weight is 483 g/mol. The maximum Gasteiger partial charge on any atom is 0.420 e. The summed E-state index contributed by atoms with van der Waals surface area (Å²) in [6, 6.07) is 6.40. The van der Waals surface area contributed by atoms with Gasteiger partial charge in [-0.1, -0.05) is 0 Å². The van der Waals surface area contributed by atoms with E-state index in [0.29, 0.717) is 37.4 Å². The van der Waals surface area contributed by atoms with Crippen molar-refractivity contribution in [2.75, 3.05) is 24.5 Å². The third-order valence-corrected chi connectivity index (χ3v) is 7.38. The number of imide groups is 1. The Balaban J connectivity index is 1.73. The number of nitrogens with one attached hydrogen (secondary N) is 1. The molecule has 1 aliphatic heterocycles. The van der Waals surface area contributed by atoms with Crippen LogP contribution in [0.15, 0.2) is 47.4 Å². The van der Waals surface area contributed by atoms with Crippen LogP contribution in [0.2, 0.25) is 0 Å². The lowest BCUT2D eigenvalue weighted by Crippen LogP contribution is -2.43. The molecule has 9 nitrogen and oxygen atoms in total. The summed E-state index contributed by atoms with van der Waals surface area (Å²) < 4.78 is 54.1. The second kappa shape index (κ2) is 10.2. The molecule has 0 radical (unpaired) electrons. The molecule has 4 N–H and O–H groups in total. The van der Waals surface area contributed by atoms with E-state index in [4.69, 9.17) is 5.73 Å². The number of rotatable bonds is 6. The summed E-state index contributed by atoms with van der Waals surface area (Å²) in [4.78, 5) is 24.4. The number of halogens is 2. The fourth-order valence-corrected chi connectivity index (χ4v) is 5.01. The molecule has 2 aromatic carbocycles. The molecule has 1 heterocycles. The third kappa shape index (κ3) is 5.64. The van der Waals surface area contributed by atoms with Gasteiger partial charge >= 0.3 is 12.1 Å². The minimum Gasteiger partial charge on any atom is -0.464 e. The summed E-state index contributed by atoms with van der Waals surface area (Å²) in [5.41, 5.74) is 5.37. The summed E-state index contributed by atoms with van der Waals surface area (Å²) in [5.74, 6) is -1.19. The number of carbonyl (C=O) groups excluding carboxylic acids is 1. The predicted octanol–water partition coefficient (Wildman–Crippen LogP) is 2.72. The Morgan fingerprint density at radius 1 is 1.12 bits per heavy atom. The van der Waals surface area contributed by atoms with Crippen LogP contribution in [0, 0.1) is 17.6 Å². The highest BCUT2D eigenvalue weighted by atomic mass is 32.2. The van der Waals surface area contributed by atoms with E-state index in [2.05, 4.69) is 5.32 Å². The fourth-order valence-electron chi connectivity index (χ4n) is 3.54. The highest BCUT2D eigenvalue weighted by Crippen LogP contribution is 2.25. The van der Waals surface area contributed by atoms with Gasteiger partial charge in [0.2, 0.25) is 10.0 Å². The van der Waals surface area contributed by atoms with Gasteiger partial charge in [0, 0.05) is 25.2 Å². The van der Waals surface area contributed by atoms with Crippen LogP contribution in [-0.4, -0.2) is 49.6 Å². The van der Waals surface area contributed by atoms with Gasteiger partial charge in [-0.05, 0) is 67.8 Å². The second-order valence-corrected chi connectivity index (χ2v) is 9.53. The first-order chi connectivity index (χ1) is 15.6. The zero-order chi connectivity index (χ0) is 24.2. The molecule has 1 fully saturated rings. The number of nitrogens with zero attached hydrogens (tertiary/aromatic N) is 2. The number of carboxylic acid groups (broad SMARTS) is 1. The smallest absolute Gasteiger partial charge is 0.420 e. The first kappa shape index (κ1) is 24.6. The summed E-state index contributed by atoms with van der Waals surface area (Å²) in [6.07, 6.45) is -0.314. The van der Waals surface area contributed by atoms with Crippen LogP contribution in [0.4, 0.5) is 24.1 Å². The third-order valence-electron chi connectivity index (χ3n) is 5.47. The number of nitrogens with two attached hydrogens (primary N) is 1. The number of hydrogen-bond donors (Lipinski definition) is 3. The molecule has 3 amide bonds. The van der Waals surface area contributed by atoms with Crippen molar-refractivity contribution >= 4 is 27.8 Å².